The molecule has 1 atom stereocenters. The van der Waals surface area contributed by atoms with E-state index in [1.165, 1.54) is 12.1 Å². The number of pyridine rings is 1. The van der Waals surface area contributed by atoms with Crippen LogP contribution < -0.4 is 16.0 Å². The van der Waals surface area contributed by atoms with Crippen molar-refractivity contribution in [1.82, 2.24) is 29.9 Å². The number of nitrogens with zero attached hydrogens (tertiary/aromatic N) is 5. The van der Waals surface area contributed by atoms with Gasteiger partial charge >= 0.3 is 6.18 Å². The van der Waals surface area contributed by atoms with Crippen LogP contribution >= 0.6 is 0 Å². The smallest absolute Gasteiger partial charge is 0.386 e. The summed E-state index contributed by atoms with van der Waals surface area (Å²) in [6.07, 6.45) is 7.90. The molecule has 5 aliphatic rings. The fraction of sp³-hybridized carbons (Fsp3) is 0.511. The maximum Gasteiger partial charge on any atom is 0.433 e. The van der Waals surface area contributed by atoms with E-state index in [0.29, 0.717) is 39.7 Å². The SMILES string of the molecule is CN(CC1CCC(n2cc3cc(C(=O)Nc4cccc(C(F)(F)F)n4)c(C(C)(C)O)cc3n2)CC1)C1CCC2(CC1)CC(Nc1cccc3c1C(=O)N(C1CCC(=O)NC1=O)C3=O)C2. The summed E-state index contributed by atoms with van der Waals surface area (Å²) in [5.41, 5.74) is -0.0638. The number of carbonyl (C=O) groups excluding carboxylic acids is 5. The lowest BCUT2D eigenvalue weighted by Crippen LogP contribution is -2.54. The van der Waals surface area contributed by atoms with Crippen molar-refractivity contribution in [3.8, 4) is 0 Å². The van der Waals surface area contributed by atoms with Gasteiger partial charge in [-0.05, 0) is 145 Å². The number of imide groups is 2. The highest BCUT2D eigenvalue weighted by atomic mass is 19.4. The number of anilines is 2. The van der Waals surface area contributed by atoms with Gasteiger partial charge < -0.3 is 20.6 Å². The number of rotatable bonds is 10. The number of aromatic nitrogens is 3. The molecule has 338 valence electrons. The highest BCUT2D eigenvalue weighted by molar-refractivity contribution is 6.25. The lowest BCUT2D eigenvalue weighted by atomic mass is 9.57. The van der Waals surface area contributed by atoms with Crippen LogP contribution in [0.25, 0.3) is 10.9 Å². The van der Waals surface area contributed by atoms with Crippen LogP contribution in [-0.2, 0) is 21.4 Å². The number of amides is 5. The van der Waals surface area contributed by atoms with Gasteiger partial charge in [-0.2, -0.15) is 18.3 Å². The Morgan fingerprint density at radius 2 is 1.67 bits per heavy atom. The molecule has 3 aliphatic carbocycles. The minimum Gasteiger partial charge on any atom is -0.386 e. The number of nitrogens with one attached hydrogen (secondary N) is 3. The largest absolute Gasteiger partial charge is 0.433 e. The minimum atomic E-state index is -4.67. The predicted octanol–water partition coefficient (Wildman–Crippen LogP) is 7.20. The zero-order chi connectivity index (χ0) is 45.3. The number of halogens is 3. The highest BCUT2D eigenvalue weighted by Gasteiger charge is 2.49. The molecule has 4 aromatic rings. The average molecular weight is 883 g/mol. The van der Waals surface area contributed by atoms with Gasteiger partial charge in [0, 0.05) is 47.9 Å². The summed E-state index contributed by atoms with van der Waals surface area (Å²) in [4.78, 5) is 71.7. The van der Waals surface area contributed by atoms with E-state index in [1.807, 2.05) is 16.9 Å². The summed E-state index contributed by atoms with van der Waals surface area (Å²) >= 11 is 0. The summed E-state index contributed by atoms with van der Waals surface area (Å²) < 4.78 is 41.8. The molecule has 2 aliphatic heterocycles. The number of fused-ring (bicyclic) bond motifs is 2. The molecule has 0 radical (unpaired) electrons. The van der Waals surface area contributed by atoms with E-state index in [1.54, 1.807) is 38.1 Å². The zero-order valence-corrected chi connectivity index (χ0v) is 36.1. The van der Waals surface area contributed by atoms with Crippen molar-refractivity contribution < 1.29 is 42.3 Å². The second-order valence-electron chi connectivity index (χ2n) is 19.3. The number of benzene rings is 2. The molecule has 1 unspecified atom stereocenters. The summed E-state index contributed by atoms with van der Waals surface area (Å²) in [5.74, 6) is -2.41. The molecule has 64 heavy (non-hydrogen) atoms. The van der Waals surface area contributed by atoms with Gasteiger partial charge in [-0.15, -0.1) is 0 Å². The van der Waals surface area contributed by atoms with Crippen LogP contribution in [0.3, 0.4) is 0 Å². The van der Waals surface area contributed by atoms with Gasteiger partial charge in [0.1, 0.15) is 17.6 Å². The second-order valence-corrected chi connectivity index (χ2v) is 19.3. The number of aliphatic hydroxyl groups is 1. The first kappa shape index (κ1) is 43.6. The Hall–Kier alpha value is -5.68. The standard InChI is InChI=1S/C47H53F3N8O6/c1-45(2,64)33-21-35-27(20-32(33)41(60)53-38-9-5-8-37(52-38)47(48,49)50)25-57(55-35)30-12-10-26(11-13-30)24-56(3)29-16-18-46(19-17-29)22-28(23-46)51-34-7-4-6-31-40(34)44(63)58(43(31)62)36-14-15-39(59)54-42(36)61/h4-9,20-21,25-26,28-30,36,51,64H,10-19,22-24H2,1-3H3,(H,52,53,60)(H,54,59,61). The van der Waals surface area contributed by atoms with E-state index < -0.39 is 53.0 Å². The monoisotopic (exact) mass is 882 g/mol. The molecule has 14 nitrogen and oxygen atoms in total. The average Bonchev–Trinajstić information content (AvgIpc) is 3.77. The Morgan fingerprint density at radius 3 is 2.36 bits per heavy atom. The Kier molecular flexibility index (Phi) is 11.2. The molecule has 2 aromatic heterocycles. The summed E-state index contributed by atoms with van der Waals surface area (Å²) in [6.45, 7) is 4.11. The van der Waals surface area contributed by atoms with Crippen molar-refractivity contribution in [3.05, 3.63) is 82.7 Å². The Bertz CT molecular complexity index is 2530. The molecule has 2 aromatic carbocycles. The van der Waals surface area contributed by atoms with Crippen molar-refractivity contribution in [2.75, 3.05) is 24.2 Å². The van der Waals surface area contributed by atoms with E-state index in [4.69, 9.17) is 5.10 Å². The van der Waals surface area contributed by atoms with E-state index in [-0.39, 0.29) is 47.3 Å². The van der Waals surface area contributed by atoms with Crippen LogP contribution in [0, 0.1) is 11.3 Å². The number of alkyl halides is 3. The molecule has 1 spiro atoms. The number of carbonyl (C=O) groups is 5. The van der Waals surface area contributed by atoms with E-state index in [2.05, 4.69) is 32.9 Å². The quantitative estimate of drug-likeness (QED) is 0.119. The number of hydrogen-bond donors (Lipinski definition) is 4. The van der Waals surface area contributed by atoms with Gasteiger partial charge in [0.2, 0.25) is 11.8 Å². The van der Waals surface area contributed by atoms with Crippen LogP contribution in [-0.4, -0.2) is 90.9 Å². The van der Waals surface area contributed by atoms with Gasteiger partial charge in [0.05, 0.1) is 28.3 Å². The van der Waals surface area contributed by atoms with Crippen molar-refractivity contribution in [1.29, 1.82) is 0 Å². The summed E-state index contributed by atoms with van der Waals surface area (Å²) in [7, 11) is 2.24. The third-order valence-corrected chi connectivity index (χ3v) is 14.4. The Morgan fingerprint density at radius 1 is 0.953 bits per heavy atom. The lowest BCUT2D eigenvalue weighted by Gasteiger charge is -2.53. The molecular formula is C47H53F3N8O6. The second kappa shape index (κ2) is 16.4. The van der Waals surface area contributed by atoms with Crippen LogP contribution in [0.15, 0.2) is 54.7 Å². The van der Waals surface area contributed by atoms with Crippen LogP contribution in [0.1, 0.15) is 139 Å². The van der Waals surface area contributed by atoms with Gasteiger partial charge in [0.15, 0.2) is 0 Å². The molecule has 4 N–H and O–H groups in total. The zero-order valence-electron chi connectivity index (χ0n) is 36.1. The van der Waals surface area contributed by atoms with Crippen LogP contribution in [0.2, 0.25) is 0 Å². The fourth-order valence-electron chi connectivity index (χ4n) is 11.0. The number of hydrogen-bond acceptors (Lipinski definition) is 10. The molecular weight excluding hydrogens is 830 g/mol. The Labute approximate surface area is 368 Å². The third-order valence-electron chi connectivity index (χ3n) is 14.4. The summed E-state index contributed by atoms with van der Waals surface area (Å²) in [5, 5.41) is 24.8. The van der Waals surface area contributed by atoms with Crippen molar-refractivity contribution >= 4 is 51.9 Å². The maximum atomic E-state index is 13.6. The van der Waals surface area contributed by atoms with Crippen molar-refractivity contribution in [3.63, 3.8) is 0 Å². The van der Waals surface area contributed by atoms with Crippen molar-refractivity contribution in [2.24, 2.45) is 11.3 Å². The molecule has 5 amide bonds. The predicted molar refractivity (Wildman–Crippen MR) is 230 cm³/mol. The molecule has 4 fully saturated rings. The van der Waals surface area contributed by atoms with Crippen molar-refractivity contribution in [2.45, 2.75) is 127 Å². The highest BCUT2D eigenvalue weighted by Crippen LogP contribution is 2.53. The molecule has 0 bridgehead atoms. The molecule has 9 rings (SSSR count). The molecule has 17 heteroatoms. The van der Waals surface area contributed by atoms with E-state index in [9.17, 15) is 42.3 Å². The maximum absolute atomic E-state index is 13.6. The van der Waals surface area contributed by atoms with Crippen LogP contribution in [0.5, 0.6) is 0 Å². The van der Waals surface area contributed by atoms with Gasteiger partial charge in [-0.1, -0.05) is 12.1 Å². The molecule has 3 saturated carbocycles. The minimum absolute atomic E-state index is 0.0746. The first-order chi connectivity index (χ1) is 30.4. The van der Waals surface area contributed by atoms with Gasteiger partial charge in [-0.3, -0.25) is 38.9 Å². The number of piperidine rings is 1. The normalized spacial score (nSPS) is 26.3. The third kappa shape index (κ3) is 8.39. The first-order valence-electron chi connectivity index (χ1n) is 22.3. The molecule has 1 saturated heterocycles. The topological polar surface area (TPSA) is 179 Å². The fourth-order valence-corrected chi connectivity index (χ4v) is 11.0. The summed E-state index contributed by atoms with van der Waals surface area (Å²) in [6, 6.07) is 11.6. The lowest BCUT2D eigenvalue weighted by molar-refractivity contribution is -0.141. The van der Waals surface area contributed by atoms with E-state index >= 15 is 0 Å². The Balaban J connectivity index is 0.760. The van der Waals surface area contributed by atoms with Gasteiger partial charge in [-0.25, -0.2) is 4.98 Å². The first-order valence-corrected chi connectivity index (χ1v) is 22.3. The molecule has 4 heterocycles. The van der Waals surface area contributed by atoms with Crippen LogP contribution in [0.4, 0.5) is 24.7 Å². The van der Waals surface area contributed by atoms with E-state index in [0.717, 1.165) is 81.7 Å². The van der Waals surface area contributed by atoms with Gasteiger partial charge in [0.25, 0.3) is 17.7 Å².